The lowest BCUT2D eigenvalue weighted by molar-refractivity contribution is -0.384. The number of methoxy groups -OCH3 is 1. The Kier molecular flexibility index (Phi) is 5.65. The Morgan fingerprint density at radius 2 is 2.10 bits per heavy atom. The van der Waals surface area contributed by atoms with Crippen LogP contribution in [0.1, 0.15) is 17.3 Å². The van der Waals surface area contributed by atoms with Gasteiger partial charge in [0.2, 0.25) is 5.91 Å². The second kappa shape index (κ2) is 7.22. The highest BCUT2D eigenvalue weighted by Gasteiger charge is 2.21. The summed E-state index contributed by atoms with van der Waals surface area (Å²) in [4.78, 5) is 35.0. The Hall–Kier alpha value is -2.64. The van der Waals surface area contributed by atoms with Crippen molar-refractivity contribution in [1.29, 1.82) is 0 Å². The van der Waals surface area contributed by atoms with Crippen molar-refractivity contribution in [3.8, 4) is 0 Å². The van der Waals surface area contributed by atoms with Gasteiger partial charge in [0, 0.05) is 19.7 Å². The molecule has 0 saturated heterocycles. The number of ether oxygens (including phenoxy) is 1. The molecule has 1 N–H and O–H groups in total. The van der Waals surface area contributed by atoms with Gasteiger partial charge >= 0.3 is 5.97 Å². The Balaban J connectivity index is 3.13. The highest BCUT2D eigenvalue weighted by Crippen LogP contribution is 2.28. The molecule has 1 aromatic rings. The van der Waals surface area contributed by atoms with E-state index in [0.29, 0.717) is 6.54 Å². The summed E-state index contributed by atoms with van der Waals surface area (Å²) in [5.74, 6) is -0.865. The van der Waals surface area contributed by atoms with Crippen LogP contribution in [-0.4, -0.2) is 44.0 Å². The fourth-order valence-corrected chi connectivity index (χ4v) is 1.78. The molecule has 0 spiro atoms. The van der Waals surface area contributed by atoms with E-state index in [4.69, 9.17) is 0 Å². The largest absolute Gasteiger partial charge is 0.465 e. The molecule has 0 fully saturated rings. The number of nitrogens with one attached hydrogen (secondary N) is 1. The highest BCUT2D eigenvalue weighted by atomic mass is 16.6. The van der Waals surface area contributed by atoms with E-state index in [1.54, 1.807) is 14.0 Å². The van der Waals surface area contributed by atoms with Gasteiger partial charge in [0.25, 0.3) is 5.69 Å². The number of hydrogen-bond acceptors (Lipinski definition) is 6. The first-order chi connectivity index (χ1) is 9.90. The van der Waals surface area contributed by atoms with E-state index < -0.39 is 10.9 Å². The van der Waals surface area contributed by atoms with E-state index in [-0.39, 0.29) is 29.4 Å². The molecule has 8 nitrogen and oxygen atoms in total. The topological polar surface area (TPSA) is 102 Å². The minimum atomic E-state index is -0.599. The summed E-state index contributed by atoms with van der Waals surface area (Å²) in [5.41, 5.74) is 0.171. The van der Waals surface area contributed by atoms with Gasteiger partial charge in [0.15, 0.2) is 0 Å². The molecule has 0 heterocycles. The van der Waals surface area contributed by atoms with Crippen molar-refractivity contribution >= 4 is 23.3 Å². The molecule has 1 amide bonds. The molecular weight excluding hydrogens is 278 g/mol. The first kappa shape index (κ1) is 16.4. The maximum Gasteiger partial charge on any atom is 0.337 e. The zero-order chi connectivity index (χ0) is 16.0. The van der Waals surface area contributed by atoms with Crippen LogP contribution in [0.3, 0.4) is 0 Å². The minimum Gasteiger partial charge on any atom is -0.465 e. The average molecular weight is 295 g/mol. The number of carbonyl (C=O) groups is 2. The molecule has 0 aliphatic rings. The number of nitro benzene ring substituents is 1. The maximum absolute atomic E-state index is 11.6. The van der Waals surface area contributed by atoms with E-state index >= 15 is 0 Å². The molecular formula is C13H17N3O5. The van der Waals surface area contributed by atoms with Crippen LogP contribution in [0, 0.1) is 10.1 Å². The molecule has 0 aliphatic carbocycles. The summed E-state index contributed by atoms with van der Waals surface area (Å²) in [6, 6.07) is 3.87. The number of hydrogen-bond donors (Lipinski definition) is 1. The van der Waals surface area contributed by atoms with Crippen molar-refractivity contribution in [1.82, 2.24) is 5.32 Å². The van der Waals surface area contributed by atoms with E-state index in [0.717, 1.165) is 0 Å². The second-order valence-electron chi connectivity index (χ2n) is 4.26. The van der Waals surface area contributed by atoms with Crippen LogP contribution in [0.15, 0.2) is 18.2 Å². The summed E-state index contributed by atoms with van der Waals surface area (Å²) in [5, 5.41) is 13.7. The molecule has 1 aromatic carbocycles. The Bertz CT molecular complexity index is 559. The third-order valence-electron chi connectivity index (χ3n) is 2.76. The van der Waals surface area contributed by atoms with E-state index in [1.165, 1.54) is 30.2 Å². The molecule has 21 heavy (non-hydrogen) atoms. The van der Waals surface area contributed by atoms with Gasteiger partial charge in [0.1, 0.15) is 5.69 Å². The zero-order valence-electron chi connectivity index (χ0n) is 12.1. The lowest BCUT2D eigenvalue weighted by Gasteiger charge is -2.19. The summed E-state index contributed by atoms with van der Waals surface area (Å²) >= 11 is 0. The minimum absolute atomic E-state index is 0.0562. The van der Waals surface area contributed by atoms with Gasteiger partial charge in [-0.1, -0.05) is 0 Å². The fourth-order valence-electron chi connectivity index (χ4n) is 1.78. The van der Waals surface area contributed by atoms with Gasteiger partial charge in [-0.2, -0.15) is 0 Å². The van der Waals surface area contributed by atoms with E-state index in [1.807, 2.05) is 0 Å². The number of likely N-dealkylation sites (N-methyl/N-ethyl adjacent to an activating group) is 2. The molecule has 0 saturated carbocycles. The quantitative estimate of drug-likeness (QED) is 0.476. The van der Waals surface area contributed by atoms with Crippen LogP contribution >= 0.6 is 0 Å². The van der Waals surface area contributed by atoms with Gasteiger partial charge in [-0.25, -0.2) is 4.79 Å². The number of benzene rings is 1. The van der Waals surface area contributed by atoms with Gasteiger partial charge in [0.05, 0.1) is 24.1 Å². The molecule has 0 atom stereocenters. The molecule has 0 bridgehead atoms. The third kappa shape index (κ3) is 4.16. The fraction of sp³-hybridized carbons (Fsp3) is 0.385. The molecule has 1 rings (SSSR count). The second-order valence-corrected chi connectivity index (χ2v) is 4.26. The van der Waals surface area contributed by atoms with Crippen molar-refractivity contribution in [3.63, 3.8) is 0 Å². The zero-order valence-corrected chi connectivity index (χ0v) is 12.1. The Morgan fingerprint density at radius 3 is 2.62 bits per heavy atom. The molecule has 0 unspecified atom stereocenters. The predicted octanol–water partition coefficient (Wildman–Crippen LogP) is 0.954. The van der Waals surface area contributed by atoms with Gasteiger partial charge in [-0.15, -0.1) is 0 Å². The maximum atomic E-state index is 11.6. The summed E-state index contributed by atoms with van der Waals surface area (Å²) in [6.45, 7) is 2.19. The number of rotatable bonds is 6. The summed E-state index contributed by atoms with van der Waals surface area (Å²) in [7, 11) is 2.76. The van der Waals surface area contributed by atoms with Crippen LogP contribution < -0.4 is 10.2 Å². The van der Waals surface area contributed by atoms with Crippen molar-refractivity contribution in [2.45, 2.75) is 6.92 Å². The number of anilines is 1. The standard InChI is InChI=1S/C13H17N3O5/c1-4-14-12(17)8-15(2)11-7-9(13(18)21-3)5-6-10(11)16(19)20/h5-7H,4,8H2,1-3H3,(H,14,17). The Morgan fingerprint density at radius 1 is 1.43 bits per heavy atom. The average Bonchev–Trinajstić information content (AvgIpc) is 2.45. The van der Waals surface area contributed by atoms with E-state index in [9.17, 15) is 19.7 Å². The lowest BCUT2D eigenvalue weighted by atomic mass is 10.1. The monoisotopic (exact) mass is 295 g/mol. The Labute approximate surface area is 121 Å². The third-order valence-corrected chi connectivity index (χ3v) is 2.76. The highest BCUT2D eigenvalue weighted by molar-refractivity contribution is 5.92. The number of esters is 1. The molecule has 0 aliphatic heterocycles. The lowest BCUT2D eigenvalue weighted by Crippen LogP contribution is -2.35. The van der Waals surface area contributed by atoms with Gasteiger partial charge < -0.3 is 15.0 Å². The smallest absolute Gasteiger partial charge is 0.337 e. The van der Waals surface area contributed by atoms with Crippen LogP contribution in [0.2, 0.25) is 0 Å². The van der Waals surface area contributed by atoms with Crippen LogP contribution in [-0.2, 0) is 9.53 Å². The van der Waals surface area contributed by atoms with E-state index in [2.05, 4.69) is 10.1 Å². The van der Waals surface area contributed by atoms with Crippen molar-refractivity contribution in [2.24, 2.45) is 0 Å². The number of carbonyl (C=O) groups excluding carboxylic acids is 2. The predicted molar refractivity (Wildman–Crippen MR) is 76.4 cm³/mol. The van der Waals surface area contributed by atoms with Crippen molar-refractivity contribution in [2.75, 3.05) is 32.1 Å². The number of amides is 1. The molecule has 8 heteroatoms. The van der Waals surface area contributed by atoms with Crippen molar-refractivity contribution < 1.29 is 19.2 Å². The van der Waals surface area contributed by atoms with Crippen LogP contribution in [0.25, 0.3) is 0 Å². The number of nitro groups is 1. The van der Waals surface area contributed by atoms with Gasteiger partial charge in [-0.05, 0) is 19.1 Å². The molecule has 0 radical (unpaired) electrons. The van der Waals surface area contributed by atoms with Crippen LogP contribution in [0.5, 0.6) is 0 Å². The SMILES string of the molecule is CCNC(=O)CN(C)c1cc(C(=O)OC)ccc1[N+](=O)[O-]. The molecule has 114 valence electrons. The van der Waals surface area contributed by atoms with Crippen LogP contribution in [0.4, 0.5) is 11.4 Å². The summed E-state index contributed by atoms with van der Waals surface area (Å²) < 4.78 is 4.58. The van der Waals surface area contributed by atoms with Crippen molar-refractivity contribution in [3.05, 3.63) is 33.9 Å². The normalized spacial score (nSPS) is 9.86. The van der Waals surface area contributed by atoms with Gasteiger partial charge in [-0.3, -0.25) is 14.9 Å². The first-order valence-electron chi connectivity index (χ1n) is 6.25. The number of nitrogens with zero attached hydrogens (tertiary/aromatic N) is 2. The summed E-state index contributed by atoms with van der Waals surface area (Å²) in [6.07, 6.45) is 0. The first-order valence-corrected chi connectivity index (χ1v) is 6.25. The molecule has 0 aromatic heterocycles.